The summed E-state index contributed by atoms with van der Waals surface area (Å²) in [6.07, 6.45) is -9.46. The summed E-state index contributed by atoms with van der Waals surface area (Å²) < 4.78 is 75.5. The van der Waals surface area contributed by atoms with Crippen LogP contribution in [0.5, 0.6) is 0 Å². The van der Waals surface area contributed by atoms with E-state index in [2.05, 4.69) is 9.97 Å². The predicted molar refractivity (Wildman–Crippen MR) is 61.9 cm³/mol. The van der Waals surface area contributed by atoms with Gasteiger partial charge in [0.2, 0.25) is 0 Å². The van der Waals surface area contributed by atoms with Crippen molar-refractivity contribution in [3.63, 3.8) is 0 Å². The maximum Gasteiger partial charge on any atom is 0.433 e. The average molecular weight is 307 g/mol. The average Bonchev–Trinajstić information content (AvgIpc) is 2.36. The molecule has 0 fully saturated rings. The van der Waals surface area contributed by atoms with Crippen molar-refractivity contribution >= 4 is 5.69 Å². The van der Waals surface area contributed by atoms with Crippen molar-refractivity contribution in [1.82, 2.24) is 9.97 Å². The SMILES string of the molecule is Nc1cc(-c2cccc(C(F)(F)F)n2)nc(C(F)(F)F)c1. The number of nitrogens with two attached hydrogens (primary N) is 1. The number of nitrogens with zero attached hydrogens (tertiary/aromatic N) is 2. The molecule has 2 aromatic heterocycles. The Balaban J connectivity index is 2.55. The Hall–Kier alpha value is -2.32. The fourth-order valence-corrected chi connectivity index (χ4v) is 1.56. The molecule has 0 aliphatic carbocycles. The smallest absolute Gasteiger partial charge is 0.399 e. The summed E-state index contributed by atoms with van der Waals surface area (Å²) in [6.45, 7) is 0. The van der Waals surface area contributed by atoms with Crippen molar-refractivity contribution in [1.29, 1.82) is 0 Å². The first-order chi connectivity index (χ1) is 9.57. The topological polar surface area (TPSA) is 51.8 Å². The van der Waals surface area contributed by atoms with Crippen LogP contribution in [0.25, 0.3) is 11.4 Å². The molecule has 21 heavy (non-hydrogen) atoms. The summed E-state index contributed by atoms with van der Waals surface area (Å²) in [7, 11) is 0. The highest BCUT2D eigenvalue weighted by Gasteiger charge is 2.34. The second-order valence-corrected chi connectivity index (χ2v) is 4.07. The molecule has 9 heteroatoms. The second kappa shape index (κ2) is 4.90. The minimum Gasteiger partial charge on any atom is -0.399 e. The number of alkyl halides is 6. The number of halogens is 6. The number of pyridine rings is 2. The Morgan fingerprint density at radius 1 is 0.762 bits per heavy atom. The normalized spacial score (nSPS) is 12.5. The maximum absolute atomic E-state index is 12.6. The molecule has 0 bridgehead atoms. The van der Waals surface area contributed by atoms with Crippen LogP contribution in [0, 0.1) is 0 Å². The van der Waals surface area contributed by atoms with Gasteiger partial charge < -0.3 is 5.73 Å². The van der Waals surface area contributed by atoms with Gasteiger partial charge in [-0.05, 0) is 24.3 Å². The molecule has 0 saturated heterocycles. The molecule has 0 atom stereocenters. The number of anilines is 1. The van der Waals surface area contributed by atoms with E-state index in [4.69, 9.17) is 5.73 Å². The molecule has 3 nitrogen and oxygen atoms in total. The van der Waals surface area contributed by atoms with Gasteiger partial charge in [-0.15, -0.1) is 0 Å². The van der Waals surface area contributed by atoms with Crippen LogP contribution in [0.15, 0.2) is 30.3 Å². The van der Waals surface area contributed by atoms with E-state index < -0.39 is 23.7 Å². The number of hydrogen-bond acceptors (Lipinski definition) is 3. The van der Waals surface area contributed by atoms with E-state index in [0.717, 1.165) is 18.2 Å². The first-order valence-electron chi connectivity index (χ1n) is 5.47. The van der Waals surface area contributed by atoms with Gasteiger partial charge in [0.25, 0.3) is 0 Å². The lowest BCUT2D eigenvalue weighted by Crippen LogP contribution is -2.11. The van der Waals surface area contributed by atoms with Crippen LogP contribution in [0.4, 0.5) is 32.0 Å². The molecule has 2 N–H and O–H groups in total. The zero-order valence-electron chi connectivity index (χ0n) is 10.1. The summed E-state index contributed by atoms with van der Waals surface area (Å²) in [4.78, 5) is 6.53. The molecule has 0 unspecified atom stereocenters. The molecule has 0 aliphatic rings. The third kappa shape index (κ3) is 3.41. The number of rotatable bonds is 1. The molecule has 0 saturated carbocycles. The van der Waals surface area contributed by atoms with Crippen molar-refractivity contribution < 1.29 is 26.3 Å². The van der Waals surface area contributed by atoms with Gasteiger partial charge in [-0.3, -0.25) is 0 Å². The van der Waals surface area contributed by atoms with Crippen molar-refractivity contribution in [2.24, 2.45) is 0 Å². The quantitative estimate of drug-likeness (QED) is 0.816. The predicted octanol–water partition coefficient (Wildman–Crippen LogP) is 3.76. The molecule has 0 spiro atoms. The summed E-state index contributed by atoms with van der Waals surface area (Å²) >= 11 is 0. The summed E-state index contributed by atoms with van der Waals surface area (Å²) in [5.74, 6) is 0. The van der Waals surface area contributed by atoms with Crippen molar-refractivity contribution in [2.75, 3.05) is 5.73 Å². The Kier molecular flexibility index (Phi) is 3.52. The fourth-order valence-electron chi connectivity index (χ4n) is 1.56. The van der Waals surface area contributed by atoms with E-state index in [-0.39, 0.29) is 17.1 Å². The lowest BCUT2D eigenvalue weighted by atomic mass is 10.2. The van der Waals surface area contributed by atoms with E-state index in [0.29, 0.717) is 12.1 Å². The van der Waals surface area contributed by atoms with Gasteiger partial charge in [-0.1, -0.05) is 6.07 Å². The number of nitrogen functional groups attached to an aromatic ring is 1. The minimum absolute atomic E-state index is 0.272. The molecule has 2 rings (SSSR count). The van der Waals surface area contributed by atoms with Crippen LogP contribution in [0.1, 0.15) is 11.4 Å². The van der Waals surface area contributed by atoms with Gasteiger partial charge in [-0.2, -0.15) is 26.3 Å². The summed E-state index contributed by atoms with van der Waals surface area (Å²) in [6, 6.07) is 4.48. The molecule has 0 amide bonds. The van der Waals surface area contributed by atoms with Gasteiger partial charge in [0.15, 0.2) is 0 Å². The van der Waals surface area contributed by atoms with Crippen molar-refractivity contribution in [3.05, 3.63) is 41.7 Å². The largest absolute Gasteiger partial charge is 0.433 e. The molecule has 0 aliphatic heterocycles. The van der Waals surface area contributed by atoms with Crippen LogP contribution >= 0.6 is 0 Å². The molecule has 2 heterocycles. The maximum atomic E-state index is 12.6. The Labute approximate surface area is 114 Å². The van der Waals surface area contributed by atoms with E-state index in [1.54, 1.807) is 0 Å². The minimum atomic E-state index is -4.76. The molecule has 0 aromatic carbocycles. The van der Waals surface area contributed by atoms with Gasteiger partial charge >= 0.3 is 12.4 Å². The van der Waals surface area contributed by atoms with E-state index >= 15 is 0 Å². The van der Waals surface area contributed by atoms with Gasteiger partial charge in [0.1, 0.15) is 11.4 Å². The number of aromatic nitrogens is 2. The van der Waals surface area contributed by atoms with E-state index in [9.17, 15) is 26.3 Å². The van der Waals surface area contributed by atoms with Crippen LogP contribution in [0.2, 0.25) is 0 Å². The first kappa shape index (κ1) is 15.1. The monoisotopic (exact) mass is 307 g/mol. The Morgan fingerprint density at radius 3 is 1.90 bits per heavy atom. The highest BCUT2D eigenvalue weighted by molar-refractivity contribution is 5.60. The van der Waals surface area contributed by atoms with Crippen molar-refractivity contribution in [2.45, 2.75) is 12.4 Å². The summed E-state index contributed by atoms with van der Waals surface area (Å²) in [5, 5.41) is 0. The molecule has 0 radical (unpaired) electrons. The zero-order chi connectivity index (χ0) is 15.8. The molecule has 112 valence electrons. The van der Waals surface area contributed by atoms with Crippen LogP contribution < -0.4 is 5.73 Å². The first-order valence-corrected chi connectivity index (χ1v) is 5.47. The van der Waals surface area contributed by atoms with Gasteiger partial charge in [0, 0.05) is 5.69 Å². The second-order valence-electron chi connectivity index (χ2n) is 4.07. The zero-order valence-corrected chi connectivity index (χ0v) is 10.1. The summed E-state index contributed by atoms with van der Waals surface area (Å²) in [5.41, 5.74) is 1.81. The van der Waals surface area contributed by atoms with Gasteiger partial charge in [0.05, 0.1) is 11.4 Å². The molecular formula is C12H7F6N3. The van der Waals surface area contributed by atoms with Crippen LogP contribution in [0.3, 0.4) is 0 Å². The fraction of sp³-hybridized carbons (Fsp3) is 0.167. The van der Waals surface area contributed by atoms with E-state index in [1.165, 1.54) is 0 Å². The lowest BCUT2D eigenvalue weighted by Gasteiger charge is -2.10. The van der Waals surface area contributed by atoms with Crippen LogP contribution in [-0.2, 0) is 12.4 Å². The Morgan fingerprint density at radius 2 is 1.33 bits per heavy atom. The van der Waals surface area contributed by atoms with Gasteiger partial charge in [-0.25, -0.2) is 9.97 Å². The highest BCUT2D eigenvalue weighted by atomic mass is 19.4. The highest BCUT2D eigenvalue weighted by Crippen LogP contribution is 2.32. The van der Waals surface area contributed by atoms with Crippen molar-refractivity contribution in [3.8, 4) is 11.4 Å². The van der Waals surface area contributed by atoms with Crippen LogP contribution in [-0.4, -0.2) is 9.97 Å². The Bertz CT molecular complexity index is 663. The van der Waals surface area contributed by atoms with E-state index in [1.807, 2.05) is 0 Å². The molecule has 2 aromatic rings. The third-order valence-electron chi connectivity index (χ3n) is 2.44. The standard InChI is InChI=1S/C12H7F6N3/c13-11(14,15)9-3-1-2-7(20-9)8-4-6(19)5-10(21-8)12(16,17)18/h1-5H,(H2,19,21). The molecular weight excluding hydrogens is 300 g/mol. The third-order valence-corrected chi connectivity index (χ3v) is 2.44. The lowest BCUT2D eigenvalue weighted by molar-refractivity contribution is -0.142. The number of hydrogen-bond donors (Lipinski definition) is 1.